The van der Waals surface area contributed by atoms with Crippen LogP contribution in [0, 0.1) is 0 Å². The van der Waals surface area contributed by atoms with E-state index in [-0.39, 0.29) is 24.5 Å². The predicted octanol–water partition coefficient (Wildman–Crippen LogP) is 6.33. The van der Waals surface area contributed by atoms with E-state index in [1.165, 1.54) is 16.0 Å². The number of amides is 4. The van der Waals surface area contributed by atoms with Gasteiger partial charge in [-0.05, 0) is 114 Å². The van der Waals surface area contributed by atoms with Gasteiger partial charge in [0.1, 0.15) is 5.60 Å². The van der Waals surface area contributed by atoms with Crippen LogP contribution >= 0.6 is 11.8 Å². The largest absolute Gasteiger partial charge is 0.444 e. The highest BCUT2D eigenvalue weighted by Crippen LogP contribution is 2.36. The summed E-state index contributed by atoms with van der Waals surface area (Å²) >= 11 is 1.97. The first-order valence-electron chi connectivity index (χ1n) is 16.6. The molecule has 0 unspecified atom stereocenters. The number of hydrogen-bond donors (Lipinski definition) is 2. The van der Waals surface area contributed by atoms with Gasteiger partial charge in [-0.2, -0.15) is 5.10 Å². The molecule has 3 fully saturated rings. The van der Waals surface area contributed by atoms with Gasteiger partial charge in [-0.1, -0.05) is 18.2 Å². The van der Waals surface area contributed by atoms with E-state index in [0.29, 0.717) is 23.5 Å². The third-order valence-corrected chi connectivity index (χ3v) is 10.6. The lowest BCUT2D eigenvalue weighted by atomic mass is 9.89. The van der Waals surface area contributed by atoms with Gasteiger partial charge >= 0.3 is 12.1 Å². The summed E-state index contributed by atoms with van der Waals surface area (Å²) in [4.78, 5) is 41.7. The number of hydrogen-bond acceptors (Lipinski definition) is 7. The molecule has 2 aliphatic heterocycles. The second-order valence-electron chi connectivity index (χ2n) is 13.9. The van der Waals surface area contributed by atoms with Crippen molar-refractivity contribution in [1.82, 2.24) is 25.3 Å². The summed E-state index contributed by atoms with van der Waals surface area (Å²) in [5, 5.41) is 11.6. The first kappa shape index (κ1) is 32.4. The van der Waals surface area contributed by atoms with E-state index in [0.717, 1.165) is 69.1 Å². The van der Waals surface area contributed by atoms with E-state index in [4.69, 9.17) is 4.74 Å². The molecule has 1 aliphatic carbocycles. The van der Waals surface area contributed by atoms with Crippen LogP contribution in [-0.4, -0.2) is 69.2 Å². The number of carbonyl (C=O) groups is 3. The average molecular weight is 647 g/mol. The fraction of sp³-hybridized carbons (Fsp3) is 0.543. The molecule has 246 valence electrons. The number of rotatable bonds is 7. The zero-order valence-electron chi connectivity index (χ0n) is 27.4. The molecule has 1 saturated carbocycles. The third-order valence-electron chi connectivity index (χ3n) is 9.23. The summed E-state index contributed by atoms with van der Waals surface area (Å²) in [6, 6.07) is 15.3. The van der Waals surface area contributed by atoms with E-state index in [2.05, 4.69) is 63.1 Å². The molecule has 1 aromatic heterocycles. The minimum Gasteiger partial charge on any atom is -0.444 e. The number of likely N-dealkylation sites (tertiary alicyclic amines) is 1. The second-order valence-corrected chi connectivity index (χ2v) is 15.3. The number of ether oxygens (including phenoxy) is 1. The van der Waals surface area contributed by atoms with Gasteiger partial charge in [0.05, 0.1) is 5.52 Å². The van der Waals surface area contributed by atoms with Gasteiger partial charge in [-0.15, -0.1) is 11.8 Å². The summed E-state index contributed by atoms with van der Waals surface area (Å²) < 4.78 is 7.27. The Balaban J connectivity index is 0.990. The van der Waals surface area contributed by atoms with Crippen LogP contribution in [0.3, 0.4) is 0 Å². The van der Waals surface area contributed by atoms with Crippen LogP contribution < -0.4 is 15.5 Å². The number of aryl methyl sites for hydroxylation is 1. The molecule has 3 heterocycles. The third kappa shape index (κ3) is 7.86. The summed E-state index contributed by atoms with van der Waals surface area (Å²) in [6.07, 6.45) is 6.31. The monoisotopic (exact) mass is 646 g/mol. The first-order valence-corrected chi connectivity index (χ1v) is 17.4. The average Bonchev–Trinajstić information content (AvgIpc) is 3.33. The summed E-state index contributed by atoms with van der Waals surface area (Å²) in [7, 11) is 1.91. The molecule has 0 bridgehead atoms. The number of alkyl carbamates (subject to hydrolysis) is 1. The van der Waals surface area contributed by atoms with Gasteiger partial charge in [0, 0.05) is 48.1 Å². The second kappa shape index (κ2) is 13.7. The Bertz CT molecular complexity index is 1580. The fourth-order valence-electron chi connectivity index (χ4n) is 6.87. The predicted molar refractivity (Wildman–Crippen MR) is 181 cm³/mol. The van der Waals surface area contributed by atoms with Gasteiger partial charge in [0.15, 0.2) is 5.82 Å². The summed E-state index contributed by atoms with van der Waals surface area (Å²) in [5.41, 5.74) is 3.20. The highest BCUT2D eigenvalue weighted by atomic mass is 32.2. The normalized spacial score (nSPS) is 21.8. The molecule has 2 saturated heterocycles. The lowest BCUT2D eigenvalue weighted by molar-refractivity contribution is -0.120. The van der Waals surface area contributed by atoms with E-state index < -0.39 is 11.6 Å². The molecule has 3 aliphatic rings. The standard InChI is InChI=1S/C35H46N6O4S/c1-35(2,3)45-34(44)36-26-9-11-27(12-10-26)46-28-7-5-6-23(20-28)22-40-17-14-24(15-18-40)25-8-13-29-30(21-25)39(4)38-32(29)41-19-16-31(42)37-33(41)43/h5-8,13,20-21,24,26-27H,9-12,14-19,22H2,1-4H3,(H,36,44)(H,37,42,43). The van der Waals surface area contributed by atoms with Crippen LogP contribution in [0.4, 0.5) is 15.4 Å². The highest BCUT2D eigenvalue weighted by Gasteiger charge is 2.29. The Hall–Kier alpha value is -3.57. The SMILES string of the molecule is Cn1nc(N2CCC(=O)NC2=O)c2ccc(C3CCN(Cc4cccc(SC5CCC(NC(=O)OC(C)(C)C)CC5)c4)CC3)cc21. The van der Waals surface area contributed by atoms with E-state index in [9.17, 15) is 14.4 Å². The van der Waals surface area contributed by atoms with Crippen LogP contribution in [0.25, 0.3) is 10.9 Å². The number of fused-ring (bicyclic) bond motifs is 1. The van der Waals surface area contributed by atoms with Crippen molar-refractivity contribution in [3.63, 3.8) is 0 Å². The lowest BCUT2D eigenvalue weighted by Gasteiger charge is -2.32. The van der Waals surface area contributed by atoms with Crippen molar-refractivity contribution in [3.8, 4) is 0 Å². The molecule has 10 nitrogen and oxygen atoms in total. The Labute approximate surface area is 275 Å². The van der Waals surface area contributed by atoms with Crippen LogP contribution in [0.2, 0.25) is 0 Å². The Kier molecular flexibility index (Phi) is 9.61. The van der Waals surface area contributed by atoms with Gasteiger partial charge in [-0.25, -0.2) is 9.59 Å². The van der Waals surface area contributed by atoms with Crippen molar-refractivity contribution in [3.05, 3.63) is 53.6 Å². The topological polar surface area (TPSA) is 109 Å². The zero-order valence-corrected chi connectivity index (χ0v) is 28.2. The number of nitrogens with zero attached hydrogens (tertiary/aromatic N) is 4. The van der Waals surface area contributed by atoms with Crippen molar-refractivity contribution >= 4 is 46.5 Å². The first-order chi connectivity index (χ1) is 22.0. The molecule has 4 amide bonds. The Morgan fingerprint density at radius 2 is 1.78 bits per heavy atom. The van der Waals surface area contributed by atoms with Gasteiger partial charge < -0.3 is 10.1 Å². The van der Waals surface area contributed by atoms with Crippen molar-refractivity contribution in [2.45, 2.75) is 100.0 Å². The summed E-state index contributed by atoms with van der Waals surface area (Å²) in [5.74, 6) is 0.843. The summed E-state index contributed by atoms with van der Waals surface area (Å²) in [6.45, 7) is 9.07. The molecule has 0 spiro atoms. The van der Waals surface area contributed by atoms with E-state index in [1.807, 2.05) is 44.3 Å². The van der Waals surface area contributed by atoms with Gasteiger partial charge in [-0.3, -0.25) is 24.6 Å². The Morgan fingerprint density at radius 1 is 1.02 bits per heavy atom. The molecule has 46 heavy (non-hydrogen) atoms. The van der Waals surface area contributed by atoms with Crippen molar-refractivity contribution in [1.29, 1.82) is 0 Å². The molecule has 11 heteroatoms. The molecule has 3 aromatic rings. The number of benzene rings is 2. The molecule has 6 rings (SSSR count). The zero-order chi connectivity index (χ0) is 32.4. The number of aromatic nitrogens is 2. The lowest BCUT2D eigenvalue weighted by Crippen LogP contribution is -2.49. The number of piperidine rings is 1. The number of anilines is 1. The van der Waals surface area contributed by atoms with Crippen molar-refractivity contribution in [2.24, 2.45) is 7.05 Å². The minimum absolute atomic E-state index is 0.195. The molecular weight excluding hydrogens is 600 g/mol. The molecule has 0 atom stereocenters. The maximum Gasteiger partial charge on any atom is 0.407 e. The fourth-order valence-corrected chi connectivity index (χ4v) is 8.14. The van der Waals surface area contributed by atoms with Crippen LogP contribution in [-0.2, 0) is 23.1 Å². The molecule has 2 N–H and O–H groups in total. The van der Waals surface area contributed by atoms with Gasteiger partial charge in [0.25, 0.3) is 0 Å². The number of carbonyl (C=O) groups excluding carboxylic acids is 3. The van der Waals surface area contributed by atoms with Crippen LogP contribution in [0.15, 0.2) is 47.4 Å². The highest BCUT2D eigenvalue weighted by molar-refractivity contribution is 8.00. The number of urea groups is 1. The van der Waals surface area contributed by atoms with Crippen molar-refractivity contribution in [2.75, 3.05) is 24.5 Å². The van der Waals surface area contributed by atoms with Crippen LogP contribution in [0.5, 0.6) is 0 Å². The minimum atomic E-state index is -0.473. The quantitative estimate of drug-likeness (QED) is 0.309. The van der Waals surface area contributed by atoms with Crippen molar-refractivity contribution < 1.29 is 19.1 Å². The number of thioether (sulfide) groups is 1. The van der Waals surface area contributed by atoms with E-state index >= 15 is 0 Å². The number of nitrogens with one attached hydrogen (secondary N) is 2. The molecule has 0 radical (unpaired) electrons. The maximum atomic E-state index is 12.4. The number of imide groups is 1. The smallest absolute Gasteiger partial charge is 0.407 e. The van der Waals surface area contributed by atoms with Crippen LogP contribution in [0.1, 0.15) is 82.8 Å². The maximum absolute atomic E-state index is 12.4. The molecular formula is C35H46N6O4S. The molecule has 2 aromatic carbocycles. The van der Waals surface area contributed by atoms with Gasteiger partial charge in [0.2, 0.25) is 5.91 Å². The van der Waals surface area contributed by atoms with E-state index in [1.54, 1.807) is 4.90 Å². The Morgan fingerprint density at radius 3 is 2.50 bits per heavy atom.